The number of pyridine rings is 1. The van der Waals surface area contributed by atoms with Crippen LogP contribution in [0.15, 0.2) is 48.8 Å². The lowest BCUT2D eigenvalue weighted by Gasteiger charge is -2.31. The minimum atomic E-state index is -0.875. The molecule has 3 N–H and O–H groups in total. The number of halogens is 2. The zero-order valence-electron chi connectivity index (χ0n) is 13.5. The molecule has 136 valence electrons. The highest BCUT2D eigenvalue weighted by Gasteiger charge is 2.35. The van der Waals surface area contributed by atoms with Crippen molar-refractivity contribution in [3.8, 4) is 11.5 Å². The Morgan fingerprint density at radius 1 is 1.12 bits per heavy atom. The van der Waals surface area contributed by atoms with Crippen molar-refractivity contribution < 1.29 is 14.3 Å². The van der Waals surface area contributed by atoms with Crippen LogP contribution in [0.4, 0.5) is 5.69 Å². The molecule has 6 nitrogen and oxygen atoms in total. The Hall–Kier alpha value is -1.86. The summed E-state index contributed by atoms with van der Waals surface area (Å²) >= 11 is 0. The molecule has 1 fully saturated rings. The molecule has 1 aliphatic rings. The number of nitrogens with zero attached hydrogens (tertiary/aromatic N) is 1. The zero-order chi connectivity index (χ0) is 16.1. The zero-order valence-corrected chi connectivity index (χ0v) is 15.1. The van der Waals surface area contributed by atoms with Gasteiger partial charge in [0.2, 0.25) is 5.91 Å². The number of carbonyl (C=O) groups excluding carboxylic acids is 1. The second-order valence-corrected chi connectivity index (χ2v) is 5.54. The second kappa shape index (κ2) is 9.58. The fourth-order valence-electron chi connectivity index (χ4n) is 2.40. The molecule has 8 heteroatoms. The predicted molar refractivity (Wildman–Crippen MR) is 101 cm³/mol. The quantitative estimate of drug-likeness (QED) is 0.843. The molecule has 2 aromatic rings. The second-order valence-electron chi connectivity index (χ2n) is 5.54. The van der Waals surface area contributed by atoms with Crippen molar-refractivity contribution in [1.29, 1.82) is 0 Å². The maximum absolute atomic E-state index is 12.4. The predicted octanol–water partition coefficient (Wildman–Crippen LogP) is 3.16. The van der Waals surface area contributed by atoms with Crippen LogP contribution in [0, 0.1) is 0 Å². The normalized spacial score (nSPS) is 15.2. The monoisotopic (exact) mass is 385 g/mol. The Morgan fingerprint density at radius 3 is 2.48 bits per heavy atom. The first-order chi connectivity index (χ1) is 11.2. The van der Waals surface area contributed by atoms with Crippen molar-refractivity contribution in [2.45, 2.75) is 18.4 Å². The Morgan fingerprint density at radius 2 is 1.80 bits per heavy atom. The van der Waals surface area contributed by atoms with Gasteiger partial charge in [0.25, 0.3) is 0 Å². The molecule has 1 aliphatic heterocycles. The van der Waals surface area contributed by atoms with E-state index in [-0.39, 0.29) is 30.7 Å². The molecule has 0 atom stereocenters. The van der Waals surface area contributed by atoms with Crippen LogP contribution in [0.2, 0.25) is 0 Å². The molecule has 1 saturated heterocycles. The third kappa shape index (κ3) is 5.57. The van der Waals surface area contributed by atoms with Crippen molar-refractivity contribution in [2.75, 3.05) is 18.5 Å². The van der Waals surface area contributed by atoms with E-state index in [0.717, 1.165) is 0 Å². The summed E-state index contributed by atoms with van der Waals surface area (Å²) in [4.78, 5) is 16.4. The molecule has 0 spiro atoms. The molecule has 1 amide bonds. The van der Waals surface area contributed by atoms with Crippen LogP contribution in [0.5, 0.6) is 11.5 Å². The van der Waals surface area contributed by atoms with E-state index in [9.17, 15) is 4.79 Å². The van der Waals surface area contributed by atoms with Gasteiger partial charge in [-0.1, -0.05) is 6.07 Å². The summed E-state index contributed by atoms with van der Waals surface area (Å²) in [5.74, 6) is 1.12. The number of amides is 1. The number of anilines is 1. The van der Waals surface area contributed by atoms with Crippen LogP contribution >= 0.6 is 24.8 Å². The first-order valence-corrected chi connectivity index (χ1v) is 7.52. The van der Waals surface area contributed by atoms with Crippen molar-refractivity contribution in [2.24, 2.45) is 5.73 Å². The molecule has 0 radical (unpaired) electrons. The van der Waals surface area contributed by atoms with Gasteiger partial charge in [0, 0.05) is 37.4 Å². The molecule has 1 aromatic carbocycles. The largest absolute Gasteiger partial charge is 0.457 e. The van der Waals surface area contributed by atoms with E-state index in [1.807, 2.05) is 12.1 Å². The Balaban J connectivity index is 0.00000156. The van der Waals surface area contributed by atoms with E-state index < -0.39 is 5.54 Å². The van der Waals surface area contributed by atoms with Gasteiger partial charge in [-0.25, -0.2) is 0 Å². The molecule has 1 aromatic heterocycles. The first-order valence-electron chi connectivity index (χ1n) is 7.52. The highest BCUT2D eigenvalue weighted by Crippen LogP contribution is 2.25. The van der Waals surface area contributed by atoms with Gasteiger partial charge >= 0.3 is 0 Å². The summed E-state index contributed by atoms with van der Waals surface area (Å²) in [7, 11) is 0. The van der Waals surface area contributed by atoms with E-state index in [1.165, 1.54) is 0 Å². The number of aromatic nitrogens is 1. The van der Waals surface area contributed by atoms with E-state index >= 15 is 0 Å². The highest BCUT2D eigenvalue weighted by atomic mass is 35.5. The number of hydrogen-bond acceptors (Lipinski definition) is 5. The summed E-state index contributed by atoms with van der Waals surface area (Å²) in [5, 5.41) is 2.87. The van der Waals surface area contributed by atoms with Crippen molar-refractivity contribution >= 4 is 36.4 Å². The van der Waals surface area contributed by atoms with E-state index in [1.54, 1.807) is 36.7 Å². The average Bonchev–Trinajstić information content (AvgIpc) is 2.57. The number of nitrogens with two attached hydrogens (primary N) is 1. The number of benzene rings is 1. The molecular formula is C17H21Cl2N3O3. The van der Waals surface area contributed by atoms with Gasteiger partial charge in [0.15, 0.2) is 0 Å². The molecule has 0 saturated carbocycles. The molecule has 0 aliphatic carbocycles. The van der Waals surface area contributed by atoms with Crippen LogP contribution < -0.4 is 15.8 Å². The van der Waals surface area contributed by atoms with Crippen molar-refractivity contribution in [1.82, 2.24) is 4.98 Å². The maximum atomic E-state index is 12.4. The molecule has 25 heavy (non-hydrogen) atoms. The molecule has 0 unspecified atom stereocenters. The first kappa shape index (κ1) is 21.2. The standard InChI is InChI=1S/C17H19N3O3.2ClH/c18-17(6-10-22-11-7-17)16(21)20-13-2-1-3-15(12-13)23-14-4-8-19-9-5-14;;/h1-5,8-9,12H,6-7,10-11,18H2,(H,20,21);2*1H. The molecule has 0 bridgehead atoms. The van der Waals surface area contributed by atoms with Crippen LogP contribution in [0.3, 0.4) is 0 Å². The Kier molecular flexibility index (Phi) is 8.12. The molecular weight excluding hydrogens is 365 g/mol. The number of ether oxygens (including phenoxy) is 2. The molecule has 2 heterocycles. The van der Waals surface area contributed by atoms with Gasteiger partial charge in [-0.05, 0) is 37.1 Å². The lowest BCUT2D eigenvalue weighted by molar-refractivity contribution is -0.124. The van der Waals surface area contributed by atoms with Gasteiger partial charge in [-0.3, -0.25) is 9.78 Å². The topological polar surface area (TPSA) is 86.5 Å². The van der Waals surface area contributed by atoms with Gasteiger partial charge in [0.1, 0.15) is 17.0 Å². The average molecular weight is 386 g/mol. The summed E-state index contributed by atoms with van der Waals surface area (Å²) in [5.41, 5.74) is 5.96. The smallest absolute Gasteiger partial charge is 0.244 e. The van der Waals surface area contributed by atoms with Crippen LogP contribution in [-0.2, 0) is 9.53 Å². The Labute approximate surface area is 158 Å². The number of rotatable bonds is 4. The lowest BCUT2D eigenvalue weighted by atomic mass is 9.90. The van der Waals surface area contributed by atoms with Gasteiger partial charge < -0.3 is 20.5 Å². The van der Waals surface area contributed by atoms with Crippen molar-refractivity contribution in [3.05, 3.63) is 48.8 Å². The minimum Gasteiger partial charge on any atom is -0.457 e. The van der Waals surface area contributed by atoms with Crippen LogP contribution in [0.1, 0.15) is 12.8 Å². The minimum absolute atomic E-state index is 0. The maximum Gasteiger partial charge on any atom is 0.244 e. The van der Waals surface area contributed by atoms with Gasteiger partial charge in [-0.15, -0.1) is 24.8 Å². The fraction of sp³-hybridized carbons (Fsp3) is 0.294. The number of hydrogen-bond donors (Lipinski definition) is 2. The van der Waals surface area contributed by atoms with Gasteiger partial charge in [-0.2, -0.15) is 0 Å². The summed E-state index contributed by atoms with van der Waals surface area (Å²) in [6.45, 7) is 1.02. The summed E-state index contributed by atoms with van der Waals surface area (Å²) < 4.78 is 11.0. The van der Waals surface area contributed by atoms with E-state index in [4.69, 9.17) is 15.2 Å². The Bertz CT molecular complexity index is 680. The fourth-order valence-corrected chi connectivity index (χ4v) is 2.40. The molecule has 3 rings (SSSR count). The van der Waals surface area contributed by atoms with Gasteiger partial charge in [0.05, 0.1) is 0 Å². The summed E-state index contributed by atoms with van der Waals surface area (Å²) in [6.07, 6.45) is 4.35. The third-order valence-corrected chi connectivity index (χ3v) is 3.81. The summed E-state index contributed by atoms with van der Waals surface area (Å²) in [6, 6.07) is 10.7. The highest BCUT2D eigenvalue weighted by molar-refractivity contribution is 5.98. The van der Waals surface area contributed by atoms with Crippen LogP contribution in [0.25, 0.3) is 0 Å². The van der Waals surface area contributed by atoms with E-state index in [0.29, 0.717) is 43.2 Å². The lowest BCUT2D eigenvalue weighted by Crippen LogP contribution is -2.54. The van der Waals surface area contributed by atoms with Crippen LogP contribution in [-0.4, -0.2) is 29.6 Å². The number of nitrogens with one attached hydrogen (secondary N) is 1. The van der Waals surface area contributed by atoms with Crippen molar-refractivity contribution in [3.63, 3.8) is 0 Å². The third-order valence-electron chi connectivity index (χ3n) is 3.81. The SMILES string of the molecule is Cl.Cl.NC1(C(=O)Nc2cccc(Oc3ccncc3)c2)CCOCC1. The van der Waals surface area contributed by atoms with E-state index in [2.05, 4.69) is 10.3 Å². The number of carbonyl (C=O) groups is 1.